The number of nitrogens with one attached hydrogen (secondary N) is 1. The van der Waals surface area contributed by atoms with Crippen molar-refractivity contribution in [2.45, 2.75) is 52.0 Å². The van der Waals surface area contributed by atoms with E-state index in [1.165, 1.54) is 0 Å². The summed E-state index contributed by atoms with van der Waals surface area (Å²) in [6.07, 6.45) is 5.07. The second-order valence-electron chi connectivity index (χ2n) is 6.98. The Kier molecular flexibility index (Phi) is 4.84. The van der Waals surface area contributed by atoms with Crippen molar-refractivity contribution in [2.75, 3.05) is 13.1 Å². The van der Waals surface area contributed by atoms with Crippen LogP contribution >= 0.6 is 0 Å². The lowest BCUT2D eigenvalue weighted by Gasteiger charge is -2.40. The van der Waals surface area contributed by atoms with Crippen molar-refractivity contribution in [3.05, 3.63) is 35.2 Å². The van der Waals surface area contributed by atoms with E-state index in [0.717, 1.165) is 17.0 Å². The lowest BCUT2D eigenvalue weighted by atomic mass is 9.86. The van der Waals surface area contributed by atoms with Crippen LogP contribution in [0.25, 0.3) is 0 Å². The van der Waals surface area contributed by atoms with Crippen LogP contribution in [0.3, 0.4) is 0 Å². The van der Waals surface area contributed by atoms with Gasteiger partial charge in [0.1, 0.15) is 11.4 Å². The Morgan fingerprint density at radius 1 is 1.27 bits per heavy atom. The second kappa shape index (κ2) is 6.93. The molecule has 26 heavy (non-hydrogen) atoms. The third kappa shape index (κ3) is 3.11. The smallest absolute Gasteiger partial charge is 0.330 e. The van der Waals surface area contributed by atoms with Crippen molar-refractivity contribution in [1.82, 2.24) is 24.6 Å². The van der Waals surface area contributed by atoms with E-state index in [9.17, 15) is 14.7 Å². The van der Waals surface area contributed by atoms with E-state index in [-0.39, 0.29) is 5.91 Å². The summed E-state index contributed by atoms with van der Waals surface area (Å²) in [6.45, 7) is 6.62. The molecule has 0 bridgehead atoms. The number of carbonyl (C=O) groups excluding carboxylic acids is 1. The minimum absolute atomic E-state index is 0.0476. The number of carboxylic acids is 1. The molecule has 0 radical (unpaired) electrons. The summed E-state index contributed by atoms with van der Waals surface area (Å²) in [5, 5.41) is 17.0. The average Bonchev–Trinajstić information content (AvgIpc) is 3.19. The third-order valence-corrected chi connectivity index (χ3v) is 5.56. The summed E-state index contributed by atoms with van der Waals surface area (Å²) >= 11 is 0. The molecular formula is C18H25N5O3. The first-order valence-corrected chi connectivity index (χ1v) is 8.87. The number of aryl methyl sites for hydroxylation is 3. The first-order valence-electron chi connectivity index (χ1n) is 8.87. The first kappa shape index (κ1) is 18.2. The molecule has 1 fully saturated rings. The summed E-state index contributed by atoms with van der Waals surface area (Å²) in [4.78, 5) is 30.5. The first-order chi connectivity index (χ1) is 12.3. The highest BCUT2D eigenvalue weighted by Gasteiger charge is 2.44. The molecule has 1 saturated heterocycles. The Hall–Kier alpha value is -2.64. The molecule has 0 saturated carbocycles. The van der Waals surface area contributed by atoms with Crippen molar-refractivity contribution in [3.63, 3.8) is 0 Å². The maximum atomic E-state index is 12.5. The molecule has 2 N–H and O–H groups in total. The van der Waals surface area contributed by atoms with E-state index in [1.807, 2.05) is 13.8 Å². The standard InChI is InChI=1S/C18H25N5O3/c1-12-13(2)20-21-15(12)4-5-16(24)22-9-6-18(7-10-22,17(25)26)23-11-8-19-14(23)3/h8,11H,4-7,9-10H2,1-3H3,(H,20,21)(H,25,26). The number of carbonyl (C=O) groups is 2. The molecule has 1 aliphatic heterocycles. The molecule has 0 atom stereocenters. The number of carboxylic acid groups (broad SMARTS) is 1. The van der Waals surface area contributed by atoms with Crippen LogP contribution < -0.4 is 0 Å². The van der Waals surface area contributed by atoms with Gasteiger partial charge in [-0.1, -0.05) is 0 Å². The van der Waals surface area contributed by atoms with Gasteiger partial charge in [0.25, 0.3) is 0 Å². The quantitative estimate of drug-likeness (QED) is 0.843. The normalized spacial score (nSPS) is 16.7. The number of aromatic amines is 1. The number of likely N-dealkylation sites (tertiary alicyclic amines) is 1. The molecule has 2 aromatic heterocycles. The van der Waals surface area contributed by atoms with Crippen LogP contribution in [0.15, 0.2) is 12.4 Å². The van der Waals surface area contributed by atoms with E-state index in [1.54, 1.807) is 28.8 Å². The summed E-state index contributed by atoms with van der Waals surface area (Å²) < 4.78 is 1.73. The predicted molar refractivity (Wildman–Crippen MR) is 94.8 cm³/mol. The third-order valence-electron chi connectivity index (χ3n) is 5.56. The van der Waals surface area contributed by atoms with Crippen LogP contribution in [0, 0.1) is 20.8 Å². The highest BCUT2D eigenvalue weighted by atomic mass is 16.4. The van der Waals surface area contributed by atoms with Gasteiger partial charge in [0.05, 0.1) is 5.69 Å². The van der Waals surface area contributed by atoms with Crippen LogP contribution in [0.4, 0.5) is 0 Å². The predicted octanol–water partition coefficient (Wildman–Crippen LogP) is 1.57. The molecule has 1 aliphatic rings. The SMILES string of the molecule is Cc1[nH]nc(CCC(=O)N2CCC(C(=O)O)(n3ccnc3C)CC2)c1C. The fourth-order valence-corrected chi connectivity index (χ4v) is 3.68. The van der Waals surface area contributed by atoms with Crippen LogP contribution in [0.5, 0.6) is 0 Å². The zero-order valence-corrected chi connectivity index (χ0v) is 15.4. The number of hydrogen-bond donors (Lipinski definition) is 2. The lowest BCUT2D eigenvalue weighted by Crippen LogP contribution is -2.52. The number of nitrogens with zero attached hydrogens (tertiary/aromatic N) is 4. The molecule has 8 heteroatoms. The molecule has 3 heterocycles. The molecule has 2 aromatic rings. The Labute approximate surface area is 152 Å². The number of hydrogen-bond acceptors (Lipinski definition) is 4. The monoisotopic (exact) mass is 359 g/mol. The van der Waals surface area contributed by atoms with Crippen molar-refractivity contribution in [1.29, 1.82) is 0 Å². The number of piperidine rings is 1. The zero-order chi connectivity index (χ0) is 18.9. The van der Waals surface area contributed by atoms with Gasteiger partial charge in [-0.05, 0) is 39.2 Å². The number of aliphatic carboxylic acids is 1. The van der Waals surface area contributed by atoms with Gasteiger partial charge in [-0.2, -0.15) is 5.10 Å². The maximum absolute atomic E-state index is 12.5. The molecule has 0 spiro atoms. The maximum Gasteiger partial charge on any atom is 0.330 e. The van der Waals surface area contributed by atoms with Crippen LogP contribution in [-0.4, -0.2) is 54.7 Å². The van der Waals surface area contributed by atoms with Crippen LogP contribution in [0.2, 0.25) is 0 Å². The Balaban J connectivity index is 1.63. The molecular weight excluding hydrogens is 334 g/mol. The number of aromatic nitrogens is 4. The van der Waals surface area contributed by atoms with Crippen molar-refractivity contribution in [2.24, 2.45) is 0 Å². The fraction of sp³-hybridized carbons (Fsp3) is 0.556. The fourth-order valence-electron chi connectivity index (χ4n) is 3.68. The van der Waals surface area contributed by atoms with Gasteiger partial charge in [-0.25, -0.2) is 9.78 Å². The highest BCUT2D eigenvalue weighted by molar-refractivity contribution is 5.79. The van der Waals surface area contributed by atoms with Crippen LogP contribution in [-0.2, 0) is 21.5 Å². The van der Waals surface area contributed by atoms with Gasteiger partial charge in [-0.3, -0.25) is 9.89 Å². The zero-order valence-electron chi connectivity index (χ0n) is 15.4. The summed E-state index contributed by atoms with van der Waals surface area (Å²) in [6, 6.07) is 0. The van der Waals surface area contributed by atoms with E-state index >= 15 is 0 Å². The van der Waals surface area contributed by atoms with Crippen LogP contribution in [0.1, 0.15) is 42.0 Å². The summed E-state index contributed by atoms with van der Waals surface area (Å²) in [5.41, 5.74) is 2.01. The van der Waals surface area contributed by atoms with Crippen molar-refractivity contribution >= 4 is 11.9 Å². The second-order valence-corrected chi connectivity index (χ2v) is 6.98. The number of rotatable bonds is 5. The highest BCUT2D eigenvalue weighted by Crippen LogP contribution is 2.32. The van der Waals surface area contributed by atoms with Gasteiger partial charge in [0.2, 0.25) is 5.91 Å². The number of imidazole rings is 1. The van der Waals surface area contributed by atoms with E-state index < -0.39 is 11.5 Å². The van der Waals surface area contributed by atoms with Gasteiger partial charge in [0, 0.05) is 44.0 Å². The van der Waals surface area contributed by atoms with Crippen molar-refractivity contribution < 1.29 is 14.7 Å². The topological polar surface area (TPSA) is 104 Å². The Morgan fingerprint density at radius 3 is 2.46 bits per heavy atom. The Bertz CT molecular complexity index is 815. The van der Waals surface area contributed by atoms with Gasteiger partial charge >= 0.3 is 5.97 Å². The average molecular weight is 359 g/mol. The molecule has 0 unspecified atom stereocenters. The van der Waals surface area contributed by atoms with Gasteiger partial charge in [0.15, 0.2) is 0 Å². The van der Waals surface area contributed by atoms with E-state index in [4.69, 9.17) is 0 Å². The minimum atomic E-state index is -1.02. The largest absolute Gasteiger partial charge is 0.479 e. The van der Waals surface area contributed by atoms with E-state index in [0.29, 0.717) is 44.6 Å². The molecule has 1 amide bonds. The summed E-state index contributed by atoms with van der Waals surface area (Å²) in [7, 11) is 0. The number of amides is 1. The summed E-state index contributed by atoms with van der Waals surface area (Å²) in [5.74, 6) is -0.142. The van der Waals surface area contributed by atoms with Gasteiger partial charge < -0.3 is 14.6 Å². The molecule has 140 valence electrons. The Morgan fingerprint density at radius 2 is 1.96 bits per heavy atom. The molecule has 8 nitrogen and oxygen atoms in total. The van der Waals surface area contributed by atoms with Crippen molar-refractivity contribution in [3.8, 4) is 0 Å². The molecule has 3 rings (SSSR count). The molecule has 0 aromatic carbocycles. The number of H-pyrrole nitrogens is 1. The lowest BCUT2D eigenvalue weighted by molar-refractivity contribution is -0.152. The minimum Gasteiger partial charge on any atom is -0.479 e. The van der Waals surface area contributed by atoms with E-state index in [2.05, 4.69) is 15.2 Å². The molecule has 0 aliphatic carbocycles. The van der Waals surface area contributed by atoms with Gasteiger partial charge in [-0.15, -0.1) is 0 Å².